The molecule has 130 valence electrons. The topological polar surface area (TPSA) is 98.9 Å². The van der Waals surface area contributed by atoms with Crippen molar-refractivity contribution >= 4 is 17.7 Å². The summed E-state index contributed by atoms with van der Waals surface area (Å²) in [5, 5.41) is 19.8. The fourth-order valence-electron chi connectivity index (χ4n) is 2.23. The second kappa shape index (κ2) is 7.96. The number of carboxylic acid groups (broad SMARTS) is 1. The molecule has 2 rings (SSSR count). The zero-order valence-corrected chi connectivity index (χ0v) is 13.8. The van der Waals surface area contributed by atoms with Gasteiger partial charge in [-0.05, 0) is 42.3 Å². The van der Waals surface area contributed by atoms with Gasteiger partial charge >= 0.3 is 11.7 Å². The molecule has 0 bridgehead atoms. The van der Waals surface area contributed by atoms with Crippen LogP contribution in [-0.2, 0) is 11.4 Å². The highest BCUT2D eigenvalue weighted by Gasteiger charge is 2.16. The largest absolute Gasteiger partial charge is 0.496 e. The summed E-state index contributed by atoms with van der Waals surface area (Å²) in [6, 6.07) is 9.82. The van der Waals surface area contributed by atoms with Crippen LogP contribution in [0.4, 0.5) is 5.69 Å². The second-order valence-electron chi connectivity index (χ2n) is 5.26. The van der Waals surface area contributed by atoms with Crippen molar-refractivity contribution in [1.29, 1.82) is 0 Å². The van der Waals surface area contributed by atoms with Gasteiger partial charge in [0.1, 0.15) is 12.4 Å². The number of nitro groups is 1. The Kier molecular flexibility index (Phi) is 5.73. The van der Waals surface area contributed by atoms with Crippen LogP contribution in [-0.4, -0.2) is 23.1 Å². The summed E-state index contributed by atoms with van der Waals surface area (Å²) in [6.45, 7) is 1.81. The molecule has 0 unspecified atom stereocenters. The number of nitro benzene ring substituents is 1. The third-order valence-corrected chi connectivity index (χ3v) is 3.42. The van der Waals surface area contributed by atoms with Crippen molar-refractivity contribution in [1.82, 2.24) is 0 Å². The summed E-state index contributed by atoms with van der Waals surface area (Å²) in [5.41, 5.74) is 1.95. The van der Waals surface area contributed by atoms with Crippen LogP contribution in [0.1, 0.15) is 16.7 Å². The quantitative estimate of drug-likeness (QED) is 0.468. The van der Waals surface area contributed by atoms with Crippen LogP contribution < -0.4 is 9.47 Å². The van der Waals surface area contributed by atoms with E-state index in [1.54, 1.807) is 37.3 Å². The summed E-state index contributed by atoms with van der Waals surface area (Å²) in [5.74, 6) is -0.352. The van der Waals surface area contributed by atoms with Gasteiger partial charge in [0.15, 0.2) is 5.75 Å². The molecular formula is C18H17NO6. The molecule has 7 nitrogen and oxygen atoms in total. The summed E-state index contributed by atoms with van der Waals surface area (Å²) < 4.78 is 10.9. The maximum atomic E-state index is 11.1. The number of carboxylic acids is 1. The lowest BCUT2D eigenvalue weighted by molar-refractivity contribution is -0.386. The van der Waals surface area contributed by atoms with E-state index < -0.39 is 10.9 Å². The minimum atomic E-state index is -1.05. The van der Waals surface area contributed by atoms with Gasteiger partial charge in [-0.3, -0.25) is 10.1 Å². The lowest BCUT2D eigenvalue weighted by Crippen LogP contribution is -2.02. The second-order valence-corrected chi connectivity index (χ2v) is 5.26. The molecule has 0 aliphatic carbocycles. The van der Waals surface area contributed by atoms with Gasteiger partial charge in [0.05, 0.1) is 12.0 Å². The van der Waals surface area contributed by atoms with Gasteiger partial charge in [-0.15, -0.1) is 0 Å². The van der Waals surface area contributed by atoms with Gasteiger partial charge in [-0.1, -0.05) is 12.1 Å². The van der Waals surface area contributed by atoms with Crippen molar-refractivity contribution < 1.29 is 24.3 Å². The summed E-state index contributed by atoms with van der Waals surface area (Å²) in [6.07, 6.45) is 2.47. The molecule has 1 N–H and O–H groups in total. The Labute approximate surface area is 144 Å². The molecule has 0 aliphatic heterocycles. The number of methoxy groups -OCH3 is 1. The number of carbonyl (C=O) groups is 1. The van der Waals surface area contributed by atoms with Crippen molar-refractivity contribution in [2.24, 2.45) is 0 Å². The first-order chi connectivity index (χ1) is 11.9. The molecule has 0 aliphatic rings. The summed E-state index contributed by atoms with van der Waals surface area (Å²) in [7, 11) is 1.50. The Balaban J connectivity index is 2.26. The van der Waals surface area contributed by atoms with E-state index in [1.165, 1.54) is 19.3 Å². The van der Waals surface area contributed by atoms with E-state index in [9.17, 15) is 14.9 Å². The maximum absolute atomic E-state index is 11.1. The van der Waals surface area contributed by atoms with Crippen LogP contribution in [0.5, 0.6) is 11.5 Å². The standard InChI is InChI=1S/C18H17NO6/c1-12-3-6-17(15(9-12)19(22)23)25-11-14-10-13(5-8-18(20)21)4-7-16(14)24-2/h3-10H,11H2,1-2H3,(H,20,21). The monoisotopic (exact) mass is 343 g/mol. The molecule has 0 saturated heterocycles. The van der Waals surface area contributed by atoms with Crippen molar-refractivity contribution in [3.8, 4) is 11.5 Å². The highest BCUT2D eigenvalue weighted by Crippen LogP contribution is 2.30. The zero-order chi connectivity index (χ0) is 18.4. The smallest absolute Gasteiger partial charge is 0.328 e. The summed E-state index contributed by atoms with van der Waals surface area (Å²) in [4.78, 5) is 21.3. The Morgan fingerprint density at radius 3 is 2.60 bits per heavy atom. The van der Waals surface area contributed by atoms with Crippen LogP contribution in [0.2, 0.25) is 0 Å². The molecular weight excluding hydrogens is 326 g/mol. The highest BCUT2D eigenvalue weighted by atomic mass is 16.6. The third-order valence-electron chi connectivity index (χ3n) is 3.42. The molecule has 25 heavy (non-hydrogen) atoms. The fraction of sp³-hybridized carbons (Fsp3) is 0.167. The van der Waals surface area contributed by atoms with Crippen molar-refractivity contribution in [3.63, 3.8) is 0 Å². The average Bonchev–Trinajstić information content (AvgIpc) is 2.58. The molecule has 2 aromatic rings. The minimum Gasteiger partial charge on any atom is -0.496 e. The van der Waals surface area contributed by atoms with E-state index in [0.717, 1.165) is 11.6 Å². The maximum Gasteiger partial charge on any atom is 0.328 e. The fourth-order valence-corrected chi connectivity index (χ4v) is 2.23. The predicted molar refractivity (Wildman–Crippen MR) is 91.8 cm³/mol. The Morgan fingerprint density at radius 2 is 1.96 bits per heavy atom. The molecule has 0 amide bonds. The van der Waals surface area contributed by atoms with Crippen molar-refractivity contribution in [2.75, 3.05) is 7.11 Å². The van der Waals surface area contributed by atoms with E-state index in [4.69, 9.17) is 14.6 Å². The van der Waals surface area contributed by atoms with Gasteiger partial charge in [-0.25, -0.2) is 4.79 Å². The summed E-state index contributed by atoms with van der Waals surface area (Å²) >= 11 is 0. The van der Waals surface area contributed by atoms with Crippen LogP contribution in [0.15, 0.2) is 42.5 Å². The molecule has 0 atom stereocenters. The highest BCUT2D eigenvalue weighted by molar-refractivity contribution is 5.85. The van der Waals surface area contributed by atoms with Gasteiger partial charge in [0.2, 0.25) is 0 Å². The number of aryl methyl sites for hydroxylation is 1. The SMILES string of the molecule is COc1ccc(C=CC(=O)O)cc1COc1ccc(C)cc1[N+](=O)[O-]. The third kappa shape index (κ3) is 4.81. The Hall–Kier alpha value is -3.35. The van der Waals surface area contributed by atoms with Crippen LogP contribution in [0.3, 0.4) is 0 Å². The number of ether oxygens (including phenoxy) is 2. The first-order valence-corrected chi connectivity index (χ1v) is 7.36. The van der Waals surface area contributed by atoms with E-state index >= 15 is 0 Å². The lowest BCUT2D eigenvalue weighted by atomic mass is 10.1. The number of nitrogens with zero attached hydrogens (tertiary/aromatic N) is 1. The van der Waals surface area contributed by atoms with E-state index in [-0.39, 0.29) is 18.0 Å². The van der Waals surface area contributed by atoms with Gasteiger partial charge in [0.25, 0.3) is 0 Å². The van der Waals surface area contributed by atoms with Gasteiger partial charge < -0.3 is 14.6 Å². The van der Waals surface area contributed by atoms with Gasteiger partial charge in [-0.2, -0.15) is 0 Å². The van der Waals surface area contributed by atoms with Crippen molar-refractivity contribution in [3.05, 3.63) is 69.3 Å². The minimum absolute atomic E-state index is 0.0435. The van der Waals surface area contributed by atoms with Crippen LogP contribution in [0.25, 0.3) is 6.08 Å². The van der Waals surface area contributed by atoms with Crippen LogP contribution >= 0.6 is 0 Å². The van der Waals surface area contributed by atoms with Gasteiger partial charge in [0, 0.05) is 17.7 Å². The molecule has 0 aromatic heterocycles. The predicted octanol–water partition coefficient (Wildman–Crippen LogP) is 3.59. The molecule has 0 spiro atoms. The number of rotatable bonds is 7. The number of hydrogen-bond donors (Lipinski definition) is 1. The van der Waals surface area contributed by atoms with E-state index in [2.05, 4.69) is 0 Å². The number of aliphatic carboxylic acids is 1. The van der Waals surface area contributed by atoms with Crippen molar-refractivity contribution in [2.45, 2.75) is 13.5 Å². The molecule has 2 aromatic carbocycles. The Bertz CT molecular complexity index is 828. The first-order valence-electron chi connectivity index (χ1n) is 7.36. The molecule has 0 heterocycles. The van der Waals surface area contributed by atoms with Crippen LogP contribution in [0, 0.1) is 17.0 Å². The average molecular weight is 343 g/mol. The molecule has 0 radical (unpaired) electrons. The molecule has 0 fully saturated rings. The number of benzene rings is 2. The van der Waals surface area contributed by atoms with E-state index in [0.29, 0.717) is 16.9 Å². The molecule has 0 saturated carbocycles. The number of hydrogen-bond acceptors (Lipinski definition) is 5. The normalized spacial score (nSPS) is 10.6. The van der Waals surface area contributed by atoms with E-state index in [1.807, 2.05) is 0 Å². The lowest BCUT2D eigenvalue weighted by Gasteiger charge is -2.11. The zero-order valence-electron chi connectivity index (χ0n) is 13.8. The first kappa shape index (κ1) is 18.0. The Morgan fingerprint density at radius 1 is 1.24 bits per heavy atom. The molecule has 7 heteroatoms.